The van der Waals surface area contributed by atoms with Crippen LogP contribution < -0.4 is 5.73 Å². The number of carbonyl (C=O) groups is 1. The molecule has 1 atom stereocenters. The zero-order valence-corrected chi connectivity index (χ0v) is 11.1. The molecule has 0 radical (unpaired) electrons. The van der Waals surface area contributed by atoms with Crippen molar-refractivity contribution in [3.63, 3.8) is 0 Å². The second-order valence-electron chi connectivity index (χ2n) is 4.09. The molecule has 1 aromatic rings. The lowest BCUT2D eigenvalue weighted by atomic mass is 10.1. The number of likely N-dealkylation sites (N-methyl/N-ethyl adjacent to an activating group) is 1. The van der Waals surface area contributed by atoms with Gasteiger partial charge in [-0.15, -0.1) is 0 Å². The molecule has 1 amide bonds. The predicted octanol–water partition coefficient (Wildman–Crippen LogP) is 1.57. The molecule has 0 aliphatic heterocycles. The average Bonchev–Trinajstić information content (AvgIpc) is 2.42. The van der Waals surface area contributed by atoms with E-state index in [1.54, 1.807) is 12.0 Å². The first-order valence-corrected chi connectivity index (χ1v) is 6.31. The maximum atomic E-state index is 12.4. The van der Waals surface area contributed by atoms with Crippen molar-refractivity contribution in [1.29, 1.82) is 0 Å². The summed E-state index contributed by atoms with van der Waals surface area (Å²) in [6.45, 7) is 3.91. The Bertz CT molecular complexity index is 354. The van der Waals surface area contributed by atoms with Gasteiger partial charge in [0.15, 0.2) is 6.10 Å². The van der Waals surface area contributed by atoms with E-state index in [1.807, 2.05) is 37.3 Å². The van der Waals surface area contributed by atoms with Crippen LogP contribution in [0.4, 0.5) is 0 Å². The minimum Gasteiger partial charge on any atom is -0.367 e. The fourth-order valence-corrected chi connectivity index (χ4v) is 1.88. The van der Waals surface area contributed by atoms with Gasteiger partial charge in [-0.2, -0.15) is 0 Å². The molecule has 0 heterocycles. The van der Waals surface area contributed by atoms with E-state index in [4.69, 9.17) is 10.5 Å². The molecule has 0 aliphatic rings. The molecule has 1 unspecified atom stereocenters. The van der Waals surface area contributed by atoms with Crippen molar-refractivity contribution in [1.82, 2.24) is 4.90 Å². The summed E-state index contributed by atoms with van der Waals surface area (Å²) in [6.07, 6.45) is 0.286. The smallest absolute Gasteiger partial charge is 0.256 e. The maximum Gasteiger partial charge on any atom is 0.256 e. The molecule has 2 N–H and O–H groups in total. The van der Waals surface area contributed by atoms with Gasteiger partial charge < -0.3 is 15.4 Å². The molecule has 0 aromatic heterocycles. The minimum atomic E-state index is -0.524. The lowest BCUT2D eigenvalue weighted by Crippen LogP contribution is -2.37. The Morgan fingerprint density at radius 2 is 2.06 bits per heavy atom. The van der Waals surface area contributed by atoms with E-state index >= 15 is 0 Å². The zero-order valence-electron chi connectivity index (χ0n) is 11.1. The molecule has 18 heavy (non-hydrogen) atoms. The predicted molar refractivity (Wildman–Crippen MR) is 72.1 cm³/mol. The third-order valence-electron chi connectivity index (χ3n) is 2.89. The first kappa shape index (κ1) is 14.7. The van der Waals surface area contributed by atoms with E-state index < -0.39 is 6.10 Å². The monoisotopic (exact) mass is 250 g/mol. The summed E-state index contributed by atoms with van der Waals surface area (Å²) < 4.78 is 5.34. The van der Waals surface area contributed by atoms with Gasteiger partial charge in [0.1, 0.15) is 0 Å². The van der Waals surface area contributed by atoms with Crippen LogP contribution in [-0.2, 0) is 9.53 Å². The second-order valence-corrected chi connectivity index (χ2v) is 4.09. The van der Waals surface area contributed by atoms with Crippen molar-refractivity contribution in [3.8, 4) is 0 Å². The summed E-state index contributed by atoms with van der Waals surface area (Å²) in [5.41, 5.74) is 6.37. The van der Waals surface area contributed by atoms with Crippen LogP contribution in [0.1, 0.15) is 25.0 Å². The Kier molecular flexibility index (Phi) is 6.39. The third kappa shape index (κ3) is 3.82. The van der Waals surface area contributed by atoms with Gasteiger partial charge in [-0.1, -0.05) is 30.3 Å². The molecule has 0 fully saturated rings. The summed E-state index contributed by atoms with van der Waals surface area (Å²) in [5.74, 6) is -0.000324. The van der Waals surface area contributed by atoms with Crippen LogP contribution in [0, 0.1) is 0 Å². The van der Waals surface area contributed by atoms with Gasteiger partial charge >= 0.3 is 0 Å². The Morgan fingerprint density at radius 1 is 1.39 bits per heavy atom. The van der Waals surface area contributed by atoms with Gasteiger partial charge in [-0.05, 0) is 25.5 Å². The number of hydrogen-bond acceptors (Lipinski definition) is 3. The standard InChI is InChI=1S/C14H22N2O2/c1-3-16(11-7-10-15)14(17)13(18-2)12-8-5-4-6-9-12/h4-6,8-9,13H,3,7,10-11,15H2,1-2H3. The van der Waals surface area contributed by atoms with Crippen molar-refractivity contribution in [2.75, 3.05) is 26.7 Å². The molecule has 0 saturated carbocycles. The summed E-state index contributed by atoms with van der Waals surface area (Å²) in [7, 11) is 1.56. The number of nitrogens with zero attached hydrogens (tertiary/aromatic N) is 1. The first-order chi connectivity index (χ1) is 8.74. The number of ether oxygens (including phenoxy) is 1. The normalized spacial score (nSPS) is 12.2. The number of benzene rings is 1. The molecular weight excluding hydrogens is 228 g/mol. The van der Waals surface area contributed by atoms with Crippen LogP contribution in [-0.4, -0.2) is 37.6 Å². The molecule has 0 spiro atoms. The van der Waals surface area contributed by atoms with E-state index in [0.717, 1.165) is 12.0 Å². The quantitative estimate of drug-likeness (QED) is 0.799. The fourth-order valence-electron chi connectivity index (χ4n) is 1.88. The largest absolute Gasteiger partial charge is 0.367 e. The highest BCUT2D eigenvalue weighted by molar-refractivity contribution is 5.82. The van der Waals surface area contributed by atoms with E-state index in [9.17, 15) is 4.79 Å². The number of rotatable bonds is 7. The Hall–Kier alpha value is -1.39. The van der Waals surface area contributed by atoms with Crippen molar-refractivity contribution >= 4 is 5.91 Å². The summed E-state index contributed by atoms with van der Waals surface area (Å²) in [6, 6.07) is 9.55. The summed E-state index contributed by atoms with van der Waals surface area (Å²) in [4.78, 5) is 14.2. The highest BCUT2D eigenvalue weighted by atomic mass is 16.5. The number of hydrogen-bond donors (Lipinski definition) is 1. The fraction of sp³-hybridized carbons (Fsp3) is 0.500. The zero-order chi connectivity index (χ0) is 13.4. The second kappa shape index (κ2) is 7.84. The highest BCUT2D eigenvalue weighted by Gasteiger charge is 2.24. The number of methoxy groups -OCH3 is 1. The molecule has 0 bridgehead atoms. The van der Waals surface area contributed by atoms with Gasteiger partial charge in [-0.3, -0.25) is 4.79 Å². The topological polar surface area (TPSA) is 55.6 Å². The van der Waals surface area contributed by atoms with Crippen molar-refractivity contribution in [2.45, 2.75) is 19.4 Å². The highest BCUT2D eigenvalue weighted by Crippen LogP contribution is 2.19. The molecule has 0 saturated heterocycles. The number of amides is 1. The van der Waals surface area contributed by atoms with Gasteiger partial charge in [0.2, 0.25) is 0 Å². The number of nitrogens with two attached hydrogens (primary N) is 1. The van der Waals surface area contributed by atoms with Gasteiger partial charge in [-0.25, -0.2) is 0 Å². The summed E-state index contributed by atoms with van der Waals surface area (Å²) in [5, 5.41) is 0. The van der Waals surface area contributed by atoms with E-state index in [2.05, 4.69) is 0 Å². The average molecular weight is 250 g/mol. The van der Waals surface area contributed by atoms with Crippen molar-refractivity contribution < 1.29 is 9.53 Å². The Labute approximate surface area is 109 Å². The molecule has 0 aliphatic carbocycles. The van der Waals surface area contributed by atoms with Crippen LogP contribution in [0.15, 0.2) is 30.3 Å². The van der Waals surface area contributed by atoms with Crippen LogP contribution in [0.2, 0.25) is 0 Å². The van der Waals surface area contributed by atoms with E-state index in [-0.39, 0.29) is 5.91 Å². The van der Waals surface area contributed by atoms with Gasteiger partial charge in [0.25, 0.3) is 5.91 Å². The maximum absolute atomic E-state index is 12.4. The lowest BCUT2D eigenvalue weighted by Gasteiger charge is -2.25. The van der Waals surface area contributed by atoms with Crippen molar-refractivity contribution in [2.24, 2.45) is 5.73 Å². The molecule has 1 aromatic carbocycles. The van der Waals surface area contributed by atoms with E-state index in [0.29, 0.717) is 19.6 Å². The number of carbonyl (C=O) groups excluding carboxylic acids is 1. The summed E-state index contributed by atoms with van der Waals surface area (Å²) >= 11 is 0. The van der Waals surface area contributed by atoms with Gasteiger partial charge in [0.05, 0.1) is 0 Å². The molecule has 100 valence electrons. The SMILES string of the molecule is CCN(CCCN)C(=O)C(OC)c1ccccc1. The molecule has 4 heteroatoms. The van der Waals surface area contributed by atoms with E-state index in [1.165, 1.54) is 0 Å². The molecule has 1 rings (SSSR count). The van der Waals surface area contributed by atoms with Gasteiger partial charge in [0, 0.05) is 20.2 Å². The van der Waals surface area contributed by atoms with Crippen molar-refractivity contribution in [3.05, 3.63) is 35.9 Å². The Morgan fingerprint density at radius 3 is 2.56 bits per heavy atom. The lowest BCUT2D eigenvalue weighted by molar-refractivity contribution is -0.142. The molecule has 4 nitrogen and oxygen atoms in total. The van der Waals surface area contributed by atoms with Crippen LogP contribution >= 0.6 is 0 Å². The molecular formula is C14H22N2O2. The third-order valence-corrected chi connectivity index (χ3v) is 2.89. The van der Waals surface area contributed by atoms with Crippen LogP contribution in [0.3, 0.4) is 0 Å². The Balaban J connectivity index is 2.78. The first-order valence-electron chi connectivity index (χ1n) is 6.31. The van der Waals surface area contributed by atoms with Crippen LogP contribution in [0.5, 0.6) is 0 Å². The minimum absolute atomic E-state index is 0.000324. The van der Waals surface area contributed by atoms with Crippen LogP contribution in [0.25, 0.3) is 0 Å².